The van der Waals surface area contributed by atoms with Crippen LogP contribution in [0.2, 0.25) is 0 Å². The summed E-state index contributed by atoms with van der Waals surface area (Å²) in [6.07, 6.45) is 0. The number of rotatable bonds is 7. The maximum absolute atomic E-state index is 11.9. The molecular formula is C18H18O8. The van der Waals surface area contributed by atoms with E-state index in [1.807, 2.05) is 0 Å². The van der Waals surface area contributed by atoms with Crippen LogP contribution in [0.4, 0.5) is 0 Å². The van der Waals surface area contributed by atoms with Crippen molar-refractivity contribution >= 4 is 11.9 Å². The number of ether oxygens (including phenoxy) is 2. The first-order valence-corrected chi connectivity index (χ1v) is 7.42. The van der Waals surface area contributed by atoms with Gasteiger partial charge < -0.3 is 29.9 Å². The Bertz CT molecular complexity index is 729. The molecule has 0 aliphatic carbocycles. The second-order valence-electron chi connectivity index (χ2n) is 5.49. The highest BCUT2D eigenvalue weighted by atomic mass is 16.5. The summed E-state index contributed by atoms with van der Waals surface area (Å²) in [5, 5.41) is 41.0. The Morgan fingerprint density at radius 2 is 0.962 bits per heavy atom. The average molecular weight is 362 g/mol. The lowest BCUT2D eigenvalue weighted by Gasteiger charge is -2.37. The Morgan fingerprint density at radius 3 is 1.15 bits per heavy atom. The van der Waals surface area contributed by atoms with Crippen molar-refractivity contribution in [2.45, 2.75) is 11.2 Å². The third-order valence-electron chi connectivity index (χ3n) is 4.16. The minimum atomic E-state index is -3.17. The second-order valence-corrected chi connectivity index (χ2v) is 5.49. The minimum Gasteiger partial charge on any atom is -0.497 e. The molecule has 0 radical (unpaired) electrons. The van der Waals surface area contributed by atoms with Gasteiger partial charge in [0.2, 0.25) is 11.2 Å². The van der Waals surface area contributed by atoms with Crippen LogP contribution in [0.1, 0.15) is 11.1 Å². The third-order valence-corrected chi connectivity index (χ3v) is 4.16. The van der Waals surface area contributed by atoms with E-state index >= 15 is 0 Å². The average Bonchev–Trinajstić information content (AvgIpc) is 2.66. The zero-order valence-electron chi connectivity index (χ0n) is 14.0. The summed E-state index contributed by atoms with van der Waals surface area (Å²) in [4.78, 5) is 23.8. The molecule has 0 spiro atoms. The number of hydrogen-bond acceptors (Lipinski definition) is 6. The predicted octanol–water partition coefficient (Wildman–Crippen LogP) is 0.948. The Morgan fingerprint density at radius 1 is 0.692 bits per heavy atom. The Labute approximate surface area is 148 Å². The van der Waals surface area contributed by atoms with E-state index in [2.05, 4.69) is 0 Å². The molecule has 8 nitrogen and oxygen atoms in total. The standard InChI is InChI=1S/C18H18O8/c1-25-13-7-3-11(4-8-13)17(23,15(19)20)18(24,16(21)22)12-5-9-14(26-2)10-6-12/h3-10,23-24H,1-2H3,(H,19,20)(H,21,22). The van der Waals surface area contributed by atoms with E-state index in [0.29, 0.717) is 11.5 Å². The summed E-state index contributed by atoms with van der Waals surface area (Å²) in [7, 11) is 2.78. The molecule has 4 N–H and O–H groups in total. The molecule has 2 rings (SSSR count). The molecule has 2 aromatic rings. The molecule has 0 saturated heterocycles. The van der Waals surface area contributed by atoms with Gasteiger partial charge in [0.1, 0.15) is 11.5 Å². The monoisotopic (exact) mass is 362 g/mol. The summed E-state index contributed by atoms with van der Waals surface area (Å²) in [5.41, 5.74) is -6.99. The fraction of sp³-hybridized carbons (Fsp3) is 0.222. The van der Waals surface area contributed by atoms with Crippen molar-refractivity contribution in [2.75, 3.05) is 14.2 Å². The second kappa shape index (κ2) is 7.03. The van der Waals surface area contributed by atoms with E-state index < -0.39 is 23.1 Å². The van der Waals surface area contributed by atoms with E-state index in [0.717, 1.165) is 0 Å². The Kier molecular flexibility index (Phi) is 5.20. The summed E-state index contributed by atoms with van der Waals surface area (Å²) in [6.45, 7) is 0. The Hall–Kier alpha value is -3.10. The number of aliphatic carboxylic acids is 2. The van der Waals surface area contributed by atoms with Gasteiger partial charge in [-0.05, 0) is 35.4 Å². The number of aliphatic hydroxyl groups is 2. The highest BCUT2D eigenvalue weighted by Crippen LogP contribution is 2.42. The zero-order chi connectivity index (χ0) is 19.5. The quantitative estimate of drug-likeness (QED) is 0.572. The molecule has 0 saturated carbocycles. The van der Waals surface area contributed by atoms with Gasteiger partial charge in [0.05, 0.1) is 14.2 Å². The molecule has 0 heterocycles. The van der Waals surface area contributed by atoms with Crippen molar-refractivity contribution in [2.24, 2.45) is 0 Å². The van der Waals surface area contributed by atoms with Crippen LogP contribution in [0.15, 0.2) is 48.5 Å². The molecule has 0 bridgehead atoms. The summed E-state index contributed by atoms with van der Waals surface area (Å²) >= 11 is 0. The van der Waals surface area contributed by atoms with Crippen molar-refractivity contribution in [3.05, 3.63) is 59.7 Å². The lowest BCUT2D eigenvalue weighted by molar-refractivity contribution is -0.213. The van der Waals surface area contributed by atoms with Crippen LogP contribution >= 0.6 is 0 Å². The molecule has 2 aromatic carbocycles. The van der Waals surface area contributed by atoms with Crippen molar-refractivity contribution < 1.29 is 39.5 Å². The maximum atomic E-state index is 11.9. The predicted molar refractivity (Wildman–Crippen MR) is 89.1 cm³/mol. The maximum Gasteiger partial charge on any atom is 0.344 e. The highest BCUT2D eigenvalue weighted by molar-refractivity contribution is 5.92. The van der Waals surface area contributed by atoms with Gasteiger partial charge in [-0.2, -0.15) is 0 Å². The fourth-order valence-electron chi connectivity index (χ4n) is 2.64. The highest BCUT2D eigenvalue weighted by Gasteiger charge is 2.63. The molecule has 8 heteroatoms. The van der Waals surface area contributed by atoms with Gasteiger partial charge in [0, 0.05) is 0 Å². The van der Waals surface area contributed by atoms with E-state index in [4.69, 9.17) is 9.47 Å². The Balaban J connectivity index is 2.71. The van der Waals surface area contributed by atoms with E-state index in [1.165, 1.54) is 62.8 Å². The largest absolute Gasteiger partial charge is 0.497 e. The van der Waals surface area contributed by atoms with Crippen LogP contribution < -0.4 is 9.47 Å². The lowest BCUT2D eigenvalue weighted by Crippen LogP contribution is -2.59. The molecule has 0 fully saturated rings. The van der Waals surface area contributed by atoms with Gasteiger partial charge in [-0.1, -0.05) is 24.3 Å². The normalized spacial score (nSPS) is 15.4. The van der Waals surface area contributed by atoms with Gasteiger partial charge in [-0.25, -0.2) is 9.59 Å². The number of carboxylic acid groups (broad SMARTS) is 2. The van der Waals surface area contributed by atoms with E-state index in [-0.39, 0.29) is 11.1 Å². The van der Waals surface area contributed by atoms with Crippen molar-refractivity contribution in [3.8, 4) is 11.5 Å². The number of methoxy groups -OCH3 is 2. The number of benzene rings is 2. The molecule has 0 aromatic heterocycles. The molecular weight excluding hydrogens is 344 g/mol. The van der Waals surface area contributed by atoms with Gasteiger partial charge in [-0.3, -0.25) is 0 Å². The van der Waals surface area contributed by atoms with Crippen LogP contribution in [0.3, 0.4) is 0 Å². The van der Waals surface area contributed by atoms with E-state index in [9.17, 15) is 30.0 Å². The number of hydrogen-bond donors (Lipinski definition) is 4. The van der Waals surface area contributed by atoms with E-state index in [1.54, 1.807) is 0 Å². The summed E-state index contributed by atoms with van der Waals surface area (Å²) < 4.78 is 9.93. The first kappa shape index (κ1) is 19.2. The minimum absolute atomic E-state index is 0.327. The molecule has 0 aliphatic rings. The van der Waals surface area contributed by atoms with Crippen molar-refractivity contribution in [1.29, 1.82) is 0 Å². The number of carboxylic acids is 2. The molecule has 138 valence electrons. The lowest BCUT2D eigenvalue weighted by atomic mass is 9.73. The fourth-order valence-corrected chi connectivity index (χ4v) is 2.64. The van der Waals surface area contributed by atoms with Crippen molar-refractivity contribution in [3.63, 3.8) is 0 Å². The molecule has 2 atom stereocenters. The topological polar surface area (TPSA) is 134 Å². The first-order chi connectivity index (χ1) is 12.2. The van der Waals surface area contributed by atoms with Crippen LogP contribution in [-0.4, -0.2) is 46.6 Å². The van der Waals surface area contributed by atoms with Crippen LogP contribution in [0, 0.1) is 0 Å². The first-order valence-electron chi connectivity index (χ1n) is 7.42. The molecule has 26 heavy (non-hydrogen) atoms. The SMILES string of the molecule is COc1ccc(C(O)(C(=O)O)C(O)(C(=O)O)c2ccc(OC)cc2)cc1. The van der Waals surface area contributed by atoms with Crippen molar-refractivity contribution in [1.82, 2.24) is 0 Å². The molecule has 2 unspecified atom stereocenters. The third kappa shape index (κ3) is 2.85. The van der Waals surface area contributed by atoms with Gasteiger partial charge in [0.25, 0.3) is 0 Å². The van der Waals surface area contributed by atoms with Crippen LogP contribution in [-0.2, 0) is 20.8 Å². The van der Waals surface area contributed by atoms with Crippen LogP contribution in [0.5, 0.6) is 11.5 Å². The van der Waals surface area contributed by atoms with Gasteiger partial charge in [-0.15, -0.1) is 0 Å². The smallest absolute Gasteiger partial charge is 0.344 e. The van der Waals surface area contributed by atoms with Crippen LogP contribution in [0.25, 0.3) is 0 Å². The van der Waals surface area contributed by atoms with Gasteiger partial charge >= 0.3 is 11.9 Å². The zero-order valence-corrected chi connectivity index (χ0v) is 14.0. The van der Waals surface area contributed by atoms with Gasteiger partial charge in [0.15, 0.2) is 0 Å². The summed E-state index contributed by atoms with van der Waals surface area (Å²) in [5.74, 6) is -3.12. The molecule has 0 amide bonds. The molecule has 0 aliphatic heterocycles. The summed E-state index contributed by atoms with van der Waals surface area (Å²) in [6, 6.07) is 10.1. The number of carbonyl (C=O) groups is 2.